The smallest absolute Gasteiger partial charge is 0.0904 e. The standard InChI is InChI=1S/C13H16N2S/c1-3-12-13(15-9(2)16-12)11-6-4-10(8-14)5-7-11/h4-7H,3,8,14H2,1-2H3. The third-order valence-corrected chi connectivity index (χ3v) is 3.70. The Bertz CT molecular complexity index is 471. The average Bonchev–Trinajstić information content (AvgIpc) is 2.70. The molecule has 0 atom stereocenters. The lowest BCUT2D eigenvalue weighted by molar-refractivity contribution is 1.07. The lowest BCUT2D eigenvalue weighted by Crippen LogP contribution is -1.95. The molecule has 2 aromatic rings. The van der Waals surface area contributed by atoms with Crippen molar-refractivity contribution in [3.05, 3.63) is 39.7 Å². The van der Waals surface area contributed by atoms with Gasteiger partial charge in [-0.25, -0.2) is 4.98 Å². The van der Waals surface area contributed by atoms with E-state index in [9.17, 15) is 0 Å². The Balaban J connectivity index is 2.41. The molecule has 84 valence electrons. The van der Waals surface area contributed by atoms with Gasteiger partial charge in [-0.05, 0) is 18.9 Å². The molecule has 1 aromatic carbocycles. The van der Waals surface area contributed by atoms with Gasteiger partial charge in [0.05, 0.1) is 10.7 Å². The summed E-state index contributed by atoms with van der Waals surface area (Å²) >= 11 is 1.78. The van der Waals surface area contributed by atoms with Gasteiger partial charge in [-0.15, -0.1) is 11.3 Å². The zero-order valence-electron chi connectivity index (χ0n) is 9.66. The molecule has 0 radical (unpaired) electrons. The predicted molar refractivity (Wildman–Crippen MR) is 69.6 cm³/mol. The van der Waals surface area contributed by atoms with E-state index in [1.165, 1.54) is 10.4 Å². The maximum Gasteiger partial charge on any atom is 0.0904 e. The summed E-state index contributed by atoms with van der Waals surface area (Å²) < 4.78 is 0. The molecule has 1 heterocycles. The molecular formula is C13H16N2S. The van der Waals surface area contributed by atoms with Crippen LogP contribution < -0.4 is 5.73 Å². The normalized spacial score (nSPS) is 10.7. The Kier molecular flexibility index (Phi) is 3.36. The first-order valence-electron chi connectivity index (χ1n) is 5.50. The monoisotopic (exact) mass is 232 g/mol. The highest BCUT2D eigenvalue weighted by Gasteiger charge is 2.09. The van der Waals surface area contributed by atoms with Crippen LogP contribution in [0.3, 0.4) is 0 Å². The van der Waals surface area contributed by atoms with Gasteiger partial charge < -0.3 is 5.73 Å². The number of nitrogens with zero attached hydrogens (tertiary/aromatic N) is 1. The van der Waals surface area contributed by atoms with Crippen LogP contribution in [0.5, 0.6) is 0 Å². The molecular weight excluding hydrogens is 216 g/mol. The van der Waals surface area contributed by atoms with Crippen molar-refractivity contribution in [3.8, 4) is 11.3 Å². The van der Waals surface area contributed by atoms with E-state index < -0.39 is 0 Å². The van der Waals surface area contributed by atoms with Crippen LogP contribution in [-0.2, 0) is 13.0 Å². The van der Waals surface area contributed by atoms with Gasteiger partial charge >= 0.3 is 0 Å². The summed E-state index contributed by atoms with van der Waals surface area (Å²) in [5, 5.41) is 1.13. The number of rotatable bonds is 3. The van der Waals surface area contributed by atoms with Gasteiger partial charge in [-0.1, -0.05) is 31.2 Å². The lowest BCUT2D eigenvalue weighted by Gasteiger charge is -2.01. The first-order chi connectivity index (χ1) is 7.74. The SMILES string of the molecule is CCc1sc(C)nc1-c1ccc(CN)cc1. The largest absolute Gasteiger partial charge is 0.326 e. The zero-order chi connectivity index (χ0) is 11.5. The number of hydrogen-bond acceptors (Lipinski definition) is 3. The number of nitrogens with two attached hydrogens (primary N) is 1. The molecule has 2 N–H and O–H groups in total. The average molecular weight is 232 g/mol. The first kappa shape index (κ1) is 11.3. The maximum absolute atomic E-state index is 5.59. The van der Waals surface area contributed by atoms with Crippen molar-refractivity contribution in [3.63, 3.8) is 0 Å². The fourth-order valence-electron chi connectivity index (χ4n) is 1.73. The molecule has 3 heteroatoms. The van der Waals surface area contributed by atoms with Gasteiger partial charge in [0.15, 0.2) is 0 Å². The highest BCUT2D eigenvalue weighted by molar-refractivity contribution is 7.12. The van der Waals surface area contributed by atoms with Crippen molar-refractivity contribution in [1.29, 1.82) is 0 Å². The van der Waals surface area contributed by atoms with Crippen LogP contribution in [0.2, 0.25) is 0 Å². The lowest BCUT2D eigenvalue weighted by atomic mass is 10.1. The van der Waals surface area contributed by atoms with Crippen LogP contribution in [0.25, 0.3) is 11.3 Å². The zero-order valence-corrected chi connectivity index (χ0v) is 10.5. The van der Waals surface area contributed by atoms with Gasteiger partial charge in [-0.3, -0.25) is 0 Å². The molecule has 1 aromatic heterocycles. The Morgan fingerprint density at radius 2 is 1.94 bits per heavy atom. The fraction of sp³-hybridized carbons (Fsp3) is 0.308. The summed E-state index contributed by atoms with van der Waals surface area (Å²) in [5.41, 5.74) is 9.07. The molecule has 0 fully saturated rings. The molecule has 2 nitrogen and oxygen atoms in total. The van der Waals surface area contributed by atoms with Gasteiger partial charge in [0, 0.05) is 17.0 Å². The second-order valence-corrected chi connectivity index (χ2v) is 5.05. The van der Waals surface area contributed by atoms with Crippen LogP contribution in [0.4, 0.5) is 0 Å². The molecule has 16 heavy (non-hydrogen) atoms. The molecule has 0 aliphatic heterocycles. The quantitative estimate of drug-likeness (QED) is 0.883. The van der Waals surface area contributed by atoms with Crippen molar-refractivity contribution >= 4 is 11.3 Å². The van der Waals surface area contributed by atoms with Gasteiger partial charge in [0.2, 0.25) is 0 Å². The van der Waals surface area contributed by atoms with Crippen LogP contribution >= 0.6 is 11.3 Å². The van der Waals surface area contributed by atoms with Crippen LogP contribution in [0.1, 0.15) is 22.4 Å². The van der Waals surface area contributed by atoms with Gasteiger partial charge in [-0.2, -0.15) is 0 Å². The van der Waals surface area contributed by atoms with E-state index in [0.29, 0.717) is 6.54 Å². The third-order valence-electron chi connectivity index (χ3n) is 2.59. The van der Waals surface area contributed by atoms with Gasteiger partial charge in [0.1, 0.15) is 0 Å². The Hall–Kier alpha value is -1.19. The number of thiazole rings is 1. The maximum atomic E-state index is 5.59. The molecule has 0 bridgehead atoms. The Labute approximate surface area is 100 Å². The highest BCUT2D eigenvalue weighted by atomic mass is 32.1. The predicted octanol–water partition coefficient (Wildman–Crippen LogP) is 3.14. The Morgan fingerprint density at radius 3 is 2.50 bits per heavy atom. The third kappa shape index (κ3) is 2.15. The summed E-state index contributed by atoms with van der Waals surface area (Å²) in [6.45, 7) is 4.82. The molecule has 0 aliphatic rings. The molecule has 0 amide bonds. The molecule has 0 saturated carbocycles. The first-order valence-corrected chi connectivity index (χ1v) is 6.32. The molecule has 0 spiro atoms. The van der Waals surface area contributed by atoms with Crippen molar-refractivity contribution in [1.82, 2.24) is 4.98 Å². The minimum absolute atomic E-state index is 0.594. The summed E-state index contributed by atoms with van der Waals surface area (Å²) in [5.74, 6) is 0. The van der Waals surface area contributed by atoms with E-state index in [0.717, 1.165) is 22.7 Å². The van der Waals surface area contributed by atoms with E-state index in [1.54, 1.807) is 11.3 Å². The van der Waals surface area contributed by atoms with Gasteiger partial charge in [0.25, 0.3) is 0 Å². The van der Waals surface area contributed by atoms with Crippen molar-refractivity contribution < 1.29 is 0 Å². The van der Waals surface area contributed by atoms with Crippen molar-refractivity contribution in [2.75, 3.05) is 0 Å². The highest BCUT2D eigenvalue weighted by Crippen LogP contribution is 2.28. The summed E-state index contributed by atoms with van der Waals surface area (Å²) in [6, 6.07) is 8.36. The minimum Gasteiger partial charge on any atom is -0.326 e. The molecule has 0 aliphatic carbocycles. The van der Waals surface area contributed by atoms with E-state index in [-0.39, 0.29) is 0 Å². The molecule has 2 rings (SSSR count). The molecule has 0 saturated heterocycles. The number of aromatic nitrogens is 1. The van der Waals surface area contributed by atoms with E-state index in [2.05, 4.69) is 43.1 Å². The Morgan fingerprint density at radius 1 is 1.25 bits per heavy atom. The molecule has 0 unspecified atom stereocenters. The van der Waals surface area contributed by atoms with Crippen molar-refractivity contribution in [2.24, 2.45) is 5.73 Å². The van der Waals surface area contributed by atoms with E-state index in [1.807, 2.05) is 0 Å². The van der Waals surface area contributed by atoms with Crippen molar-refractivity contribution in [2.45, 2.75) is 26.8 Å². The van der Waals surface area contributed by atoms with Crippen LogP contribution in [0.15, 0.2) is 24.3 Å². The summed E-state index contributed by atoms with van der Waals surface area (Å²) in [6.07, 6.45) is 1.04. The fourth-order valence-corrected chi connectivity index (χ4v) is 2.63. The van der Waals surface area contributed by atoms with Crippen LogP contribution in [-0.4, -0.2) is 4.98 Å². The van der Waals surface area contributed by atoms with E-state index >= 15 is 0 Å². The second-order valence-electron chi connectivity index (χ2n) is 3.76. The van der Waals surface area contributed by atoms with E-state index in [4.69, 9.17) is 5.73 Å². The number of aryl methyl sites for hydroxylation is 2. The minimum atomic E-state index is 0.594. The number of hydrogen-bond donors (Lipinski definition) is 1. The topological polar surface area (TPSA) is 38.9 Å². The van der Waals surface area contributed by atoms with Crippen LogP contribution in [0, 0.1) is 6.92 Å². The summed E-state index contributed by atoms with van der Waals surface area (Å²) in [4.78, 5) is 5.95. The number of benzene rings is 1. The second kappa shape index (κ2) is 4.76. The summed E-state index contributed by atoms with van der Waals surface area (Å²) in [7, 11) is 0.